The summed E-state index contributed by atoms with van der Waals surface area (Å²) in [5.41, 5.74) is 2.27. The number of halogens is 1. The first-order chi connectivity index (χ1) is 12.0. The summed E-state index contributed by atoms with van der Waals surface area (Å²) in [4.78, 5) is 20.9. The van der Waals surface area contributed by atoms with E-state index >= 15 is 0 Å². The predicted molar refractivity (Wildman–Crippen MR) is 102 cm³/mol. The molecule has 1 amide bonds. The maximum atomic E-state index is 12.4. The van der Waals surface area contributed by atoms with Gasteiger partial charge in [-0.1, -0.05) is 6.07 Å². The summed E-state index contributed by atoms with van der Waals surface area (Å²) in [6.07, 6.45) is 1.80. The number of pyridine rings is 1. The van der Waals surface area contributed by atoms with E-state index in [0.717, 1.165) is 40.3 Å². The number of nitrogens with zero attached hydrogens (tertiary/aromatic N) is 3. The van der Waals surface area contributed by atoms with Crippen LogP contribution in [0.3, 0.4) is 0 Å². The number of aryl methyl sites for hydroxylation is 2. The Labute approximate surface area is 156 Å². The van der Waals surface area contributed by atoms with Crippen molar-refractivity contribution < 1.29 is 9.53 Å². The highest BCUT2D eigenvalue weighted by atomic mass is 79.9. The van der Waals surface area contributed by atoms with Crippen molar-refractivity contribution in [1.82, 2.24) is 9.88 Å². The minimum absolute atomic E-state index is 0.0302. The van der Waals surface area contributed by atoms with E-state index in [-0.39, 0.29) is 12.5 Å². The number of aromatic nitrogens is 1. The molecule has 0 spiro atoms. The summed E-state index contributed by atoms with van der Waals surface area (Å²) in [7, 11) is 0. The second kappa shape index (κ2) is 7.87. The van der Waals surface area contributed by atoms with Crippen LogP contribution in [0.4, 0.5) is 5.82 Å². The Bertz CT molecular complexity index is 721. The van der Waals surface area contributed by atoms with Crippen LogP contribution in [-0.2, 0) is 4.79 Å². The zero-order chi connectivity index (χ0) is 17.8. The van der Waals surface area contributed by atoms with E-state index in [4.69, 9.17) is 4.74 Å². The Kier molecular flexibility index (Phi) is 5.58. The molecular formula is C19H22BrN3O2. The lowest BCUT2D eigenvalue weighted by Gasteiger charge is -2.35. The first-order valence-corrected chi connectivity index (χ1v) is 9.16. The minimum Gasteiger partial charge on any atom is -0.484 e. The van der Waals surface area contributed by atoms with Gasteiger partial charge >= 0.3 is 0 Å². The minimum atomic E-state index is 0.0302. The Morgan fingerprint density at radius 2 is 1.80 bits per heavy atom. The highest BCUT2D eigenvalue weighted by Gasteiger charge is 2.22. The van der Waals surface area contributed by atoms with Crippen LogP contribution in [0, 0.1) is 13.8 Å². The van der Waals surface area contributed by atoms with Crippen molar-refractivity contribution in [1.29, 1.82) is 0 Å². The van der Waals surface area contributed by atoms with Gasteiger partial charge in [0.1, 0.15) is 11.6 Å². The first kappa shape index (κ1) is 17.7. The van der Waals surface area contributed by atoms with E-state index in [9.17, 15) is 4.79 Å². The highest BCUT2D eigenvalue weighted by Crippen LogP contribution is 2.18. The number of hydrogen-bond donors (Lipinski definition) is 0. The number of ether oxygens (including phenoxy) is 1. The lowest BCUT2D eigenvalue weighted by Crippen LogP contribution is -2.50. The van der Waals surface area contributed by atoms with Crippen LogP contribution in [0.5, 0.6) is 5.75 Å². The molecule has 0 radical (unpaired) electrons. The van der Waals surface area contributed by atoms with Crippen molar-refractivity contribution >= 4 is 27.7 Å². The van der Waals surface area contributed by atoms with Gasteiger partial charge in [0.05, 0.1) is 0 Å². The molecule has 3 rings (SSSR count). The SMILES string of the molecule is Cc1cc(C)cc(OCC(=O)N2CCN(c3ccc(Br)cn3)CC2)c1. The third-order valence-corrected chi connectivity index (χ3v) is 4.69. The van der Waals surface area contributed by atoms with Crippen LogP contribution < -0.4 is 9.64 Å². The number of anilines is 1. The van der Waals surface area contributed by atoms with Crippen molar-refractivity contribution in [3.05, 3.63) is 52.1 Å². The predicted octanol–water partition coefficient (Wildman–Crippen LogP) is 3.19. The molecule has 1 aromatic carbocycles. The Morgan fingerprint density at radius 3 is 2.40 bits per heavy atom. The van der Waals surface area contributed by atoms with Crippen molar-refractivity contribution in [3.8, 4) is 5.75 Å². The fraction of sp³-hybridized carbons (Fsp3) is 0.368. The molecule has 2 heterocycles. The van der Waals surface area contributed by atoms with E-state index in [1.54, 1.807) is 6.20 Å². The van der Waals surface area contributed by atoms with E-state index in [0.29, 0.717) is 13.1 Å². The molecule has 0 N–H and O–H groups in total. The molecule has 0 atom stereocenters. The van der Waals surface area contributed by atoms with Gasteiger partial charge in [-0.25, -0.2) is 4.98 Å². The number of carbonyl (C=O) groups excluding carboxylic acids is 1. The zero-order valence-corrected chi connectivity index (χ0v) is 16.1. The monoisotopic (exact) mass is 403 g/mol. The van der Waals surface area contributed by atoms with Gasteiger partial charge in [-0.05, 0) is 65.2 Å². The zero-order valence-electron chi connectivity index (χ0n) is 14.5. The quantitative estimate of drug-likeness (QED) is 0.786. The van der Waals surface area contributed by atoms with Crippen LogP contribution in [0.25, 0.3) is 0 Å². The lowest BCUT2D eigenvalue weighted by molar-refractivity contribution is -0.133. The van der Waals surface area contributed by atoms with Crippen molar-refractivity contribution in [2.75, 3.05) is 37.7 Å². The van der Waals surface area contributed by atoms with Crippen LogP contribution in [0.1, 0.15) is 11.1 Å². The van der Waals surface area contributed by atoms with Crippen LogP contribution in [-0.4, -0.2) is 48.6 Å². The molecule has 0 bridgehead atoms. The molecule has 0 aliphatic carbocycles. The largest absolute Gasteiger partial charge is 0.484 e. The fourth-order valence-corrected chi connectivity index (χ4v) is 3.23. The van der Waals surface area contributed by atoms with Gasteiger partial charge in [0.15, 0.2) is 6.61 Å². The van der Waals surface area contributed by atoms with Crippen molar-refractivity contribution in [3.63, 3.8) is 0 Å². The van der Waals surface area contributed by atoms with Gasteiger partial charge in [-0.2, -0.15) is 0 Å². The van der Waals surface area contributed by atoms with Gasteiger partial charge in [0, 0.05) is 36.8 Å². The molecule has 1 saturated heterocycles. The normalized spacial score (nSPS) is 14.5. The number of hydrogen-bond acceptors (Lipinski definition) is 4. The molecule has 5 nitrogen and oxygen atoms in total. The van der Waals surface area contributed by atoms with Gasteiger partial charge in [0.25, 0.3) is 5.91 Å². The third-order valence-electron chi connectivity index (χ3n) is 4.23. The summed E-state index contributed by atoms with van der Waals surface area (Å²) in [6, 6.07) is 9.97. The van der Waals surface area contributed by atoms with Crippen LogP contribution in [0.15, 0.2) is 41.0 Å². The van der Waals surface area contributed by atoms with Gasteiger partial charge in [0.2, 0.25) is 0 Å². The highest BCUT2D eigenvalue weighted by molar-refractivity contribution is 9.10. The van der Waals surface area contributed by atoms with Gasteiger partial charge < -0.3 is 14.5 Å². The summed E-state index contributed by atoms with van der Waals surface area (Å²) in [5, 5.41) is 0. The molecule has 25 heavy (non-hydrogen) atoms. The molecule has 132 valence electrons. The van der Waals surface area contributed by atoms with E-state index < -0.39 is 0 Å². The van der Waals surface area contributed by atoms with Gasteiger partial charge in [-0.3, -0.25) is 4.79 Å². The van der Waals surface area contributed by atoms with Crippen molar-refractivity contribution in [2.45, 2.75) is 13.8 Å². The van der Waals surface area contributed by atoms with E-state index in [1.807, 2.05) is 43.0 Å². The maximum absolute atomic E-state index is 12.4. The van der Waals surface area contributed by atoms with Crippen molar-refractivity contribution in [2.24, 2.45) is 0 Å². The molecular weight excluding hydrogens is 382 g/mol. The van der Waals surface area contributed by atoms with Crippen LogP contribution in [0.2, 0.25) is 0 Å². The van der Waals surface area contributed by atoms with E-state index in [1.165, 1.54) is 0 Å². The number of amides is 1. The second-order valence-corrected chi connectivity index (χ2v) is 7.23. The molecule has 1 fully saturated rings. The molecule has 6 heteroatoms. The Morgan fingerprint density at radius 1 is 1.12 bits per heavy atom. The standard InChI is InChI=1S/C19H22BrN3O2/c1-14-9-15(2)11-17(10-14)25-13-19(24)23-7-5-22(6-8-23)18-4-3-16(20)12-21-18/h3-4,9-12H,5-8,13H2,1-2H3. The lowest BCUT2D eigenvalue weighted by atomic mass is 10.1. The molecule has 1 aliphatic rings. The Hall–Kier alpha value is -2.08. The number of carbonyl (C=O) groups is 1. The number of rotatable bonds is 4. The third kappa shape index (κ3) is 4.72. The number of piperazine rings is 1. The molecule has 1 aromatic heterocycles. The topological polar surface area (TPSA) is 45.7 Å². The molecule has 0 unspecified atom stereocenters. The Balaban J connectivity index is 1.50. The summed E-state index contributed by atoms with van der Waals surface area (Å²) in [5.74, 6) is 1.73. The summed E-state index contributed by atoms with van der Waals surface area (Å²) in [6.45, 7) is 7.07. The smallest absolute Gasteiger partial charge is 0.260 e. The first-order valence-electron chi connectivity index (χ1n) is 8.36. The average Bonchev–Trinajstić information content (AvgIpc) is 2.60. The van der Waals surface area contributed by atoms with E-state index in [2.05, 4.69) is 31.9 Å². The number of benzene rings is 1. The molecule has 1 aliphatic heterocycles. The van der Waals surface area contributed by atoms with Gasteiger partial charge in [-0.15, -0.1) is 0 Å². The average molecular weight is 404 g/mol. The summed E-state index contributed by atoms with van der Waals surface area (Å²) < 4.78 is 6.65. The van der Waals surface area contributed by atoms with Crippen LogP contribution >= 0.6 is 15.9 Å². The maximum Gasteiger partial charge on any atom is 0.260 e. The second-order valence-electron chi connectivity index (χ2n) is 6.31. The summed E-state index contributed by atoms with van der Waals surface area (Å²) >= 11 is 3.40. The molecule has 0 saturated carbocycles. The fourth-order valence-electron chi connectivity index (χ4n) is 2.99. The molecule has 2 aromatic rings.